The summed E-state index contributed by atoms with van der Waals surface area (Å²) in [4.78, 5) is 11.7. The van der Waals surface area contributed by atoms with Gasteiger partial charge in [0.1, 0.15) is 0 Å². The van der Waals surface area contributed by atoms with Crippen molar-refractivity contribution in [1.82, 2.24) is 9.78 Å². The van der Waals surface area contributed by atoms with Crippen LogP contribution in [-0.2, 0) is 4.79 Å². The third-order valence-electron chi connectivity index (χ3n) is 2.87. The van der Waals surface area contributed by atoms with E-state index in [4.69, 9.17) is 0 Å². The van der Waals surface area contributed by atoms with Crippen LogP contribution in [0.1, 0.15) is 23.9 Å². The van der Waals surface area contributed by atoms with Gasteiger partial charge < -0.3 is 0 Å². The number of carbonyl (C=O) groups is 1. The largest absolute Gasteiger partial charge is 0.291 e. The first kappa shape index (κ1) is 14.0. The highest BCUT2D eigenvalue weighted by molar-refractivity contribution is 6.38. The zero-order valence-electron chi connectivity index (χ0n) is 12.1. The molecule has 1 aromatic heterocycles. The molecule has 0 amide bonds. The lowest BCUT2D eigenvalue weighted by atomic mass is 10.2. The normalized spacial score (nSPS) is 11.5. The fraction of sp³-hybridized carbons (Fsp3) is 0.267. The van der Waals surface area contributed by atoms with Crippen molar-refractivity contribution in [1.29, 1.82) is 0 Å². The molecule has 0 saturated heterocycles. The molecule has 0 radical (unpaired) electrons. The maximum atomic E-state index is 11.7. The Kier molecular flexibility index (Phi) is 3.98. The summed E-state index contributed by atoms with van der Waals surface area (Å²) in [6.07, 6.45) is 0. The lowest BCUT2D eigenvalue weighted by Gasteiger charge is -2.07. The summed E-state index contributed by atoms with van der Waals surface area (Å²) in [6.45, 7) is 7.27. The van der Waals surface area contributed by atoms with Gasteiger partial charge in [-0.05, 0) is 39.0 Å². The van der Waals surface area contributed by atoms with Crippen molar-refractivity contribution in [3.05, 3.63) is 47.3 Å². The molecule has 1 aromatic carbocycles. The van der Waals surface area contributed by atoms with Crippen molar-refractivity contribution in [2.45, 2.75) is 27.7 Å². The van der Waals surface area contributed by atoms with Crippen LogP contribution >= 0.6 is 0 Å². The van der Waals surface area contributed by atoms with E-state index in [1.54, 1.807) is 4.68 Å². The van der Waals surface area contributed by atoms with Crippen molar-refractivity contribution in [2.75, 3.05) is 5.43 Å². The summed E-state index contributed by atoms with van der Waals surface area (Å²) in [5.74, 6) is 0.131. The van der Waals surface area contributed by atoms with E-state index in [1.165, 1.54) is 12.5 Å². The molecule has 0 unspecified atom stereocenters. The Morgan fingerprint density at radius 3 is 2.35 bits per heavy atom. The average molecular weight is 270 g/mol. The molecule has 0 atom stereocenters. The first-order chi connectivity index (χ1) is 9.47. The van der Waals surface area contributed by atoms with Crippen LogP contribution in [0.4, 0.5) is 5.69 Å². The molecule has 2 aromatic rings. The number of hydrogen-bond donors (Lipinski definition) is 1. The third-order valence-corrected chi connectivity index (χ3v) is 2.87. The third kappa shape index (κ3) is 3.12. The van der Waals surface area contributed by atoms with E-state index in [1.807, 2.05) is 51.1 Å². The molecule has 104 valence electrons. The zero-order valence-corrected chi connectivity index (χ0v) is 12.1. The summed E-state index contributed by atoms with van der Waals surface area (Å²) >= 11 is 0. The second-order valence-corrected chi connectivity index (χ2v) is 4.81. The van der Waals surface area contributed by atoms with E-state index in [9.17, 15) is 4.79 Å². The number of anilines is 1. The number of hydrazone groups is 1. The molecule has 0 aliphatic rings. The van der Waals surface area contributed by atoms with E-state index >= 15 is 0 Å². The lowest BCUT2D eigenvalue weighted by Crippen LogP contribution is -2.24. The van der Waals surface area contributed by atoms with Crippen LogP contribution in [0.3, 0.4) is 0 Å². The van der Waals surface area contributed by atoms with Gasteiger partial charge in [0.05, 0.1) is 11.4 Å². The number of rotatable bonds is 3. The van der Waals surface area contributed by atoms with Crippen LogP contribution in [0.15, 0.2) is 35.4 Å². The second-order valence-electron chi connectivity index (χ2n) is 4.81. The molecule has 0 bridgehead atoms. The monoisotopic (exact) mass is 270 g/mol. The topological polar surface area (TPSA) is 59.3 Å². The first-order valence-electron chi connectivity index (χ1n) is 6.42. The van der Waals surface area contributed by atoms with Crippen LogP contribution in [-0.4, -0.2) is 21.4 Å². The maximum absolute atomic E-state index is 11.7. The van der Waals surface area contributed by atoms with E-state index in [-0.39, 0.29) is 11.6 Å². The van der Waals surface area contributed by atoms with Crippen LogP contribution in [0, 0.1) is 20.8 Å². The van der Waals surface area contributed by atoms with Crippen molar-refractivity contribution in [2.24, 2.45) is 5.10 Å². The number of nitrogens with zero attached hydrogens (tertiary/aromatic N) is 3. The van der Waals surface area contributed by atoms with Gasteiger partial charge in [-0.25, -0.2) is 4.68 Å². The van der Waals surface area contributed by atoms with Gasteiger partial charge in [0, 0.05) is 12.6 Å². The van der Waals surface area contributed by atoms with Gasteiger partial charge in [0.25, 0.3) is 0 Å². The molecule has 1 heterocycles. The number of benzene rings is 1. The van der Waals surface area contributed by atoms with Crippen LogP contribution in [0.2, 0.25) is 0 Å². The van der Waals surface area contributed by atoms with Gasteiger partial charge in [0.2, 0.25) is 5.84 Å². The van der Waals surface area contributed by atoms with Crippen molar-refractivity contribution in [3.63, 3.8) is 0 Å². The minimum Gasteiger partial charge on any atom is -0.291 e. The highest BCUT2D eigenvalue weighted by Crippen LogP contribution is 2.09. The predicted molar refractivity (Wildman–Crippen MR) is 80.0 cm³/mol. The Bertz CT molecular complexity index is 653. The SMILES string of the molecule is CC(=O)/C(=N\Nc1ccc(C)cc1)n1nc(C)cc1C. The Morgan fingerprint density at radius 1 is 1.20 bits per heavy atom. The summed E-state index contributed by atoms with van der Waals surface area (Å²) in [5.41, 5.74) is 6.63. The molecule has 0 saturated carbocycles. The smallest absolute Gasteiger partial charge is 0.216 e. The molecule has 20 heavy (non-hydrogen) atoms. The highest BCUT2D eigenvalue weighted by Gasteiger charge is 2.13. The van der Waals surface area contributed by atoms with Gasteiger partial charge in [0.15, 0.2) is 5.78 Å². The summed E-state index contributed by atoms with van der Waals surface area (Å²) < 4.78 is 1.55. The summed E-state index contributed by atoms with van der Waals surface area (Å²) in [6, 6.07) is 9.70. The van der Waals surface area contributed by atoms with Crippen LogP contribution < -0.4 is 5.43 Å². The summed E-state index contributed by atoms with van der Waals surface area (Å²) in [7, 11) is 0. The molecule has 5 nitrogen and oxygen atoms in total. The van der Waals surface area contributed by atoms with Gasteiger partial charge in [-0.1, -0.05) is 17.7 Å². The van der Waals surface area contributed by atoms with E-state index in [0.717, 1.165) is 17.1 Å². The molecule has 0 spiro atoms. The van der Waals surface area contributed by atoms with Crippen molar-refractivity contribution in [3.8, 4) is 0 Å². The number of carbonyl (C=O) groups excluding carboxylic acids is 1. The van der Waals surface area contributed by atoms with Gasteiger partial charge >= 0.3 is 0 Å². The molecule has 5 heteroatoms. The molecule has 2 rings (SSSR count). The minimum atomic E-state index is -0.143. The molecular formula is C15H18N4O. The Morgan fingerprint density at radius 2 is 1.85 bits per heavy atom. The quantitative estimate of drug-likeness (QED) is 0.530. The van der Waals surface area contributed by atoms with Gasteiger partial charge in [-0.3, -0.25) is 10.2 Å². The predicted octanol–water partition coefficient (Wildman–Crippen LogP) is 2.67. The second kappa shape index (κ2) is 5.69. The van der Waals surface area contributed by atoms with Crippen molar-refractivity contribution >= 4 is 17.3 Å². The zero-order chi connectivity index (χ0) is 14.7. The number of hydrogen-bond acceptors (Lipinski definition) is 4. The average Bonchev–Trinajstić information content (AvgIpc) is 2.71. The Balaban J connectivity index is 2.29. The number of aryl methyl sites for hydroxylation is 3. The Hall–Kier alpha value is -2.43. The molecule has 0 fully saturated rings. The lowest BCUT2D eigenvalue weighted by molar-refractivity contribution is -0.111. The molecule has 1 N–H and O–H groups in total. The summed E-state index contributed by atoms with van der Waals surface area (Å²) in [5, 5.41) is 8.47. The number of Topliss-reactive ketones (excluding diaryl/α,β-unsaturated/α-hetero) is 1. The van der Waals surface area contributed by atoms with Crippen LogP contribution in [0.25, 0.3) is 0 Å². The maximum Gasteiger partial charge on any atom is 0.216 e. The van der Waals surface area contributed by atoms with E-state index in [2.05, 4.69) is 15.6 Å². The van der Waals surface area contributed by atoms with E-state index in [0.29, 0.717) is 0 Å². The highest BCUT2D eigenvalue weighted by atomic mass is 16.1. The van der Waals surface area contributed by atoms with Gasteiger partial charge in [-0.2, -0.15) is 10.2 Å². The molecule has 0 aliphatic heterocycles. The fourth-order valence-corrected chi connectivity index (χ4v) is 1.86. The van der Waals surface area contributed by atoms with Crippen LogP contribution in [0.5, 0.6) is 0 Å². The Labute approximate surface area is 118 Å². The standard InChI is InChI=1S/C15H18N4O/c1-10-5-7-14(8-6-10)16-17-15(13(4)20)19-12(3)9-11(2)18-19/h5-9,16H,1-4H3/b17-15+. The van der Waals surface area contributed by atoms with Crippen molar-refractivity contribution < 1.29 is 4.79 Å². The number of nitrogens with one attached hydrogen (secondary N) is 1. The number of aromatic nitrogens is 2. The van der Waals surface area contributed by atoms with E-state index < -0.39 is 0 Å². The first-order valence-corrected chi connectivity index (χ1v) is 6.42. The molecule has 0 aliphatic carbocycles. The number of ketones is 1. The molecular weight excluding hydrogens is 252 g/mol. The fourth-order valence-electron chi connectivity index (χ4n) is 1.86. The minimum absolute atomic E-state index is 0.143. The van der Waals surface area contributed by atoms with Gasteiger partial charge in [-0.15, -0.1) is 0 Å².